The Balaban J connectivity index is 3.89. The minimum atomic E-state index is -1.13. The van der Waals surface area contributed by atoms with Gasteiger partial charge in [0.2, 0.25) is 0 Å². The summed E-state index contributed by atoms with van der Waals surface area (Å²) < 4.78 is 0. The number of carboxylic acid groups (broad SMARTS) is 1. The molecule has 0 aliphatic heterocycles. The first-order valence-electron chi connectivity index (χ1n) is 5.90. The zero-order chi connectivity index (χ0) is 14.5. The highest BCUT2D eigenvalue weighted by atomic mass is 16.4. The number of rotatable bonds is 7. The van der Waals surface area contributed by atoms with Gasteiger partial charge in [-0.2, -0.15) is 0 Å². The third-order valence-electron chi connectivity index (χ3n) is 2.06. The van der Waals surface area contributed by atoms with Crippen LogP contribution in [0.25, 0.3) is 0 Å². The number of hydrogen-bond donors (Lipinski definition) is 2. The van der Waals surface area contributed by atoms with Gasteiger partial charge in [0, 0.05) is 12.4 Å². The van der Waals surface area contributed by atoms with E-state index in [4.69, 9.17) is 6.42 Å². The molecule has 0 radical (unpaired) electrons. The summed E-state index contributed by atoms with van der Waals surface area (Å²) in [6.07, 6.45) is 10.6. The van der Waals surface area contributed by atoms with Crippen LogP contribution in [0.1, 0.15) is 25.7 Å². The van der Waals surface area contributed by atoms with Crippen molar-refractivity contribution in [2.24, 2.45) is 0 Å². The van der Waals surface area contributed by atoms with Crippen molar-refractivity contribution < 1.29 is 20.1 Å². The van der Waals surface area contributed by atoms with Gasteiger partial charge in [0.15, 0.2) is 0 Å². The monoisotopic (exact) mass is 261 g/mol. The molecule has 0 aromatic carbocycles. The van der Waals surface area contributed by atoms with Gasteiger partial charge in [-0.3, -0.25) is 0 Å². The topological polar surface area (TPSA) is 80.6 Å². The second-order valence-corrected chi connectivity index (χ2v) is 3.79. The number of allylic oxidation sites excluding steroid dienone is 3. The summed E-state index contributed by atoms with van der Waals surface area (Å²) in [4.78, 5) is 10.1. The smallest absolute Gasteiger partial charge is 0.115 e. The van der Waals surface area contributed by atoms with E-state index in [0.717, 1.165) is 0 Å². The second kappa shape index (κ2) is 11.1. The van der Waals surface area contributed by atoms with E-state index in [0.29, 0.717) is 12.8 Å². The van der Waals surface area contributed by atoms with Crippen molar-refractivity contribution in [2.45, 2.75) is 37.9 Å². The maximum atomic E-state index is 10.1. The number of aliphatic hydroxyl groups excluding tert-OH is 2. The largest absolute Gasteiger partial charge is 0.550 e. The first-order chi connectivity index (χ1) is 9.06. The Labute approximate surface area is 113 Å². The fourth-order valence-electron chi connectivity index (χ4n) is 1.14. The van der Waals surface area contributed by atoms with E-state index in [1.165, 1.54) is 12.2 Å². The molecule has 0 saturated carbocycles. The van der Waals surface area contributed by atoms with Crippen LogP contribution in [-0.4, -0.2) is 28.4 Å². The molecule has 4 nitrogen and oxygen atoms in total. The molecule has 0 spiro atoms. The normalized spacial score (nSPS) is 13.7. The summed E-state index contributed by atoms with van der Waals surface area (Å²) in [6.45, 7) is 0. The highest BCUT2D eigenvalue weighted by Gasteiger charge is 1.97. The summed E-state index contributed by atoms with van der Waals surface area (Å²) >= 11 is 0. The molecule has 0 rings (SSSR count). The average Bonchev–Trinajstić information content (AvgIpc) is 2.33. The maximum Gasteiger partial charge on any atom is 0.115 e. The van der Waals surface area contributed by atoms with Crippen LogP contribution in [0.15, 0.2) is 24.3 Å². The van der Waals surface area contributed by atoms with Crippen LogP contribution in [0.3, 0.4) is 0 Å². The lowest BCUT2D eigenvalue weighted by Gasteiger charge is -2.03. The van der Waals surface area contributed by atoms with Gasteiger partial charge >= 0.3 is 0 Å². The van der Waals surface area contributed by atoms with Crippen LogP contribution in [0.5, 0.6) is 0 Å². The lowest BCUT2D eigenvalue weighted by molar-refractivity contribution is -0.305. The van der Waals surface area contributed by atoms with E-state index in [-0.39, 0.29) is 12.8 Å². The van der Waals surface area contributed by atoms with Crippen LogP contribution in [0.4, 0.5) is 0 Å². The van der Waals surface area contributed by atoms with Crippen LogP contribution in [-0.2, 0) is 4.79 Å². The van der Waals surface area contributed by atoms with Crippen LogP contribution < -0.4 is 5.11 Å². The van der Waals surface area contributed by atoms with Gasteiger partial charge in [-0.05, 0) is 25.3 Å². The molecule has 0 aliphatic rings. The molecule has 0 aromatic heterocycles. The predicted octanol–water partition coefficient (Wildman–Crippen LogP) is -0.233. The SMILES string of the molecule is C#CC[C@@H](O)/C=C/C=C/C#C[C@H](O)CCCC(=O)[O-]. The fourth-order valence-corrected chi connectivity index (χ4v) is 1.14. The minimum absolute atomic E-state index is 0.0790. The summed E-state index contributed by atoms with van der Waals surface area (Å²) in [5, 5.41) is 28.8. The van der Waals surface area contributed by atoms with Gasteiger partial charge in [0.25, 0.3) is 0 Å². The van der Waals surface area contributed by atoms with Crippen molar-refractivity contribution in [1.82, 2.24) is 0 Å². The second-order valence-electron chi connectivity index (χ2n) is 3.79. The molecular weight excluding hydrogens is 244 g/mol. The highest BCUT2D eigenvalue weighted by Crippen LogP contribution is 1.99. The number of carbonyl (C=O) groups is 1. The minimum Gasteiger partial charge on any atom is -0.550 e. The average molecular weight is 261 g/mol. The third kappa shape index (κ3) is 12.2. The Bertz CT molecular complexity index is 418. The van der Waals surface area contributed by atoms with E-state index < -0.39 is 18.2 Å². The van der Waals surface area contributed by atoms with Gasteiger partial charge in [-0.15, -0.1) is 12.3 Å². The molecule has 0 aromatic rings. The fraction of sp³-hybridized carbons (Fsp3) is 0.400. The Hall–Kier alpha value is -2.01. The lowest BCUT2D eigenvalue weighted by Crippen LogP contribution is -2.22. The molecule has 0 fully saturated rings. The zero-order valence-electron chi connectivity index (χ0n) is 10.6. The maximum absolute atomic E-state index is 10.1. The predicted molar refractivity (Wildman–Crippen MR) is 70.4 cm³/mol. The van der Waals surface area contributed by atoms with E-state index in [1.807, 2.05) is 0 Å². The van der Waals surface area contributed by atoms with Crippen molar-refractivity contribution in [1.29, 1.82) is 0 Å². The molecule has 0 heterocycles. The molecule has 2 atom stereocenters. The van der Waals surface area contributed by atoms with Crippen LogP contribution in [0.2, 0.25) is 0 Å². The van der Waals surface area contributed by atoms with Gasteiger partial charge < -0.3 is 20.1 Å². The molecule has 2 N–H and O–H groups in total. The first kappa shape index (κ1) is 17.0. The van der Waals surface area contributed by atoms with Crippen LogP contribution in [0, 0.1) is 24.2 Å². The Morgan fingerprint density at radius 2 is 2.11 bits per heavy atom. The molecular formula is C15H17O4-. The molecule has 0 bridgehead atoms. The van der Waals surface area contributed by atoms with Gasteiger partial charge in [-0.1, -0.05) is 30.1 Å². The van der Waals surface area contributed by atoms with Gasteiger partial charge in [0.1, 0.15) is 6.10 Å². The van der Waals surface area contributed by atoms with E-state index >= 15 is 0 Å². The Morgan fingerprint density at radius 3 is 2.74 bits per heavy atom. The number of carboxylic acids is 1. The van der Waals surface area contributed by atoms with Crippen LogP contribution >= 0.6 is 0 Å². The Kier molecular flexibility index (Phi) is 9.93. The van der Waals surface area contributed by atoms with E-state index in [2.05, 4.69) is 17.8 Å². The quantitative estimate of drug-likeness (QED) is 0.490. The number of carbonyl (C=O) groups excluding carboxylic acids is 1. The van der Waals surface area contributed by atoms with Crippen molar-refractivity contribution >= 4 is 5.97 Å². The number of aliphatic carboxylic acids is 1. The molecule has 19 heavy (non-hydrogen) atoms. The van der Waals surface area contributed by atoms with Crippen molar-refractivity contribution in [3.8, 4) is 24.2 Å². The van der Waals surface area contributed by atoms with E-state index in [1.54, 1.807) is 12.2 Å². The summed E-state index contributed by atoms with van der Waals surface area (Å²) in [6, 6.07) is 0. The summed E-state index contributed by atoms with van der Waals surface area (Å²) in [7, 11) is 0. The van der Waals surface area contributed by atoms with Crippen molar-refractivity contribution in [2.75, 3.05) is 0 Å². The first-order valence-corrected chi connectivity index (χ1v) is 5.90. The lowest BCUT2D eigenvalue weighted by atomic mass is 10.1. The Morgan fingerprint density at radius 1 is 1.37 bits per heavy atom. The molecule has 102 valence electrons. The molecule has 0 unspecified atom stereocenters. The van der Waals surface area contributed by atoms with Crippen molar-refractivity contribution in [3.63, 3.8) is 0 Å². The standard InChI is InChI=1S/C15H18O4/c1-2-8-13(16)9-5-3-4-6-10-14(17)11-7-12-15(18)19/h1,3-5,9,13-14,16-17H,7-8,11-12H2,(H,18,19)/p-1/b4-3+,9-5+/t13-,14+/m1/s1. The number of aliphatic hydroxyl groups is 2. The van der Waals surface area contributed by atoms with Crippen molar-refractivity contribution in [3.05, 3.63) is 24.3 Å². The highest BCUT2D eigenvalue weighted by molar-refractivity contribution is 5.64. The number of hydrogen-bond acceptors (Lipinski definition) is 4. The van der Waals surface area contributed by atoms with Gasteiger partial charge in [0.05, 0.1) is 6.10 Å². The molecule has 0 amide bonds. The summed E-state index contributed by atoms with van der Waals surface area (Å²) in [5.74, 6) is 6.36. The van der Waals surface area contributed by atoms with Gasteiger partial charge in [-0.25, -0.2) is 0 Å². The third-order valence-corrected chi connectivity index (χ3v) is 2.06. The van der Waals surface area contributed by atoms with E-state index in [9.17, 15) is 20.1 Å². The zero-order valence-corrected chi connectivity index (χ0v) is 10.6. The summed E-state index contributed by atoms with van der Waals surface area (Å²) in [5.41, 5.74) is 0. The number of terminal acetylenes is 1. The molecule has 4 heteroatoms. The molecule has 0 aliphatic carbocycles. The molecule has 0 saturated heterocycles.